The molecule has 110 valence electrons. The third kappa shape index (κ3) is 3.81. The molecule has 0 aromatic heterocycles. The van der Waals surface area contributed by atoms with E-state index >= 15 is 0 Å². The minimum Gasteiger partial charge on any atom is -0.340 e. The highest BCUT2D eigenvalue weighted by Gasteiger charge is 2.33. The first-order chi connectivity index (χ1) is 9.52. The predicted octanol–water partition coefficient (Wildman–Crippen LogP) is 1.32. The smallest absolute Gasteiger partial charge is 0.236 e. The molecule has 4 nitrogen and oxygen atoms in total. The molecule has 0 bridgehead atoms. The first-order valence-corrected chi connectivity index (χ1v) is 7.23. The molecule has 0 aliphatic carbocycles. The first-order valence-electron chi connectivity index (χ1n) is 7.23. The van der Waals surface area contributed by atoms with Crippen molar-refractivity contribution in [2.45, 2.75) is 19.9 Å². The van der Waals surface area contributed by atoms with Gasteiger partial charge in [0, 0.05) is 20.1 Å². The Morgan fingerprint density at radius 2 is 2.10 bits per heavy atom. The van der Waals surface area contributed by atoms with E-state index in [0.717, 1.165) is 25.1 Å². The van der Waals surface area contributed by atoms with E-state index in [1.807, 2.05) is 37.4 Å². The number of amides is 1. The van der Waals surface area contributed by atoms with Gasteiger partial charge in [0.05, 0.1) is 6.54 Å². The maximum Gasteiger partial charge on any atom is 0.236 e. The third-order valence-corrected chi connectivity index (χ3v) is 4.18. The van der Waals surface area contributed by atoms with Crippen molar-refractivity contribution in [2.24, 2.45) is 11.1 Å². The maximum atomic E-state index is 12.3. The monoisotopic (exact) mass is 275 g/mol. The zero-order valence-electron chi connectivity index (χ0n) is 12.5. The number of rotatable bonds is 5. The van der Waals surface area contributed by atoms with Gasteiger partial charge in [-0.2, -0.15) is 0 Å². The van der Waals surface area contributed by atoms with Gasteiger partial charge in [-0.1, -0.05) is 37.3 Å². The summed E-state index contributed by atoms with van der Waals surface area (Å²) >= 11 is 0. The molecule has 1 aliphatic heterocycles. The second-order valence-corrected chi connectivity index (χ2v) is 6.21. The van der Waals surface area contributed by atoms with Crippen LogP contribution in [0.3, 0.4) is 0 Å². The number of hydrogen-bond acceptors (Lipinski definition) is 3. The minimum atomic E-state index is 0.176. The second kappa shape index (κ2) is 6.37. The summed E-state index contributed by atoms with van der Waals surface area (Å²) in [6.45, 7) is 5.95. The SMILES string of the molecule is CN(Cc1ccccc1)C(=O)CN1CCC(C)(CN)C1. The lowest BCUT2D eigenvalue weighted by Gasteiger charge is -2.24. The Hall–Kier alpha value is -1.39. The van der Waals surface area contributed by atoms with E-state index in [9.17, 15) is 4.79 Å². The third-order valence-electron chi connectivity index (χ3n) is 4.18. The van der Waals surface area contributed by atoms with Gasteiger partial charge in [-0.05, 0) is 30.5 Å². The van der Waals surface area contributed by atoms with Crippen molar-refractivity contribution in [1.29, 1.82) is 0 Å². The molecule has 0 saturated carbocycles. The van der Waals surface area contributed by atoms with Crippen LogP contribution < -0.4 is 5.73 Å². The van der Waals surface area contributed by atoms with E-state index in [2.05, 4.69) is 11.8 Å². The van der Waals surface area contributed by atoms with Crippen LogP contribution in [0.4, 0.5) is 0 Å². The van der Waals surface area contributed by atoms with Crippen molar-refractivity contribution in [1.82, 2.24) is 9.80 Å². The van der Waals surface area contributed by atoms with Crippen molar-refractivity contribution in [3.8, 4) is 0 Å². The van der Waals surface area contributed by atoms with Crippen LogP contribution in [0.15, 0.2) is 30.3 Å². The molecule has 2 N–H and O–H groups in total. The van der Waals surface area contributed by atoms with Gasteiger partial charge in [-0.15, -0.1) is 0 Å². The number of likely N-dealkylation sites (tertiary alicyclic amines) is 1. The highest BCUT2D eigenvalue weighted by Crippen LogP contribution is 2.28. The Morgan fingerprint density at radius 1 is 1.40 bits per heavy atom. The van der Waals surface area contributed by atoms with Crippen LogP contribution in [-0.2, 0) is 11.3 Å². The van der Waals surface area contributed by atoms with Crippen LogP contribution in [0.25, 0.3) is 0 Å². The van der Waals surface area contributed by atoms with Crippen LogP contribution in [0.5, 0.6) is 0 Å². The van der Waals surface area contributed by atoms with Gasteiger partial charge in [0.25, 0.3) is 0 Å². The molecule has 0 radical (unpaired) electrons. The lowest BCUT2D eigenvalue weighted by Crippen LogP contribution is -2.39. The lowest BCUT2D eigenvalue weighted by atomic mass is 9.90. The van der Waals surface area contributed by atoms with Gasteiger partial charge in [-0.25, -0.2) is 0 Å². The molecular formula is C16H25N3O. The van der Waals surface area contributed by atoms with E-state index in [1.54, 1.807) is 4.90 Å². The summed E-state index contributed by atoms with van der Waals surface area (Å²) < 4.78 is 0. The molecule has 0 spiro atoms. The molecule has 1 aliphatic rings. The summed E-state index contributed by atoms with van der Waals surface area (Å²) in [5, 5.41) is 0. The summed E-state index contributed by atoms with van der Waals surface area (Å²) in [5.74, 6) is 0.176. The average molecular weight is 275 g/mol. The van der Waals surface area contributed by atoms with Gasteiger partial charge < -0.3 is 10.6 Å². The summed E-state index contributed by atoms with van der Waals surface area (Å²) in [6, 6.07) is 10.1. The predicted molar refractivity (Wildman–Crippen MR) is 81.1 cm³/mol. The summed E-state index contributed by atoms with van der Waals surface area (Å²) in [7, 11) is 1.87. The van der Waals surface area contributed by atoms with Crippen molar-refractivity contribution in [3.63, 3.8) is 0 Å². The van der Waals surface area contributed by atoms with Crippen LogP contribution in [0, 0.1) is 5.41 Å². The molecule has 2 rings (SSSR count). The van der Waals surface area contributed by atoms with Crippen molar-refractivity contribution in [3.05, 3.63) is 35.9 Å². The largest absolute Gasteiger partial charge is 0.340 e. The molecule has 1 heterocycles. The topological polar surface area (TPSA) is 49.6 Å². The molecule has 1 aromatic carbocycles. The highest BCUT2D eigenvalue weighted by molar-refractivity contribution is 5.78. The Balaban J connectivity index is 1.83. The van der Waals surface area contributed by atoms with E-state index in [-0.39, 0.29) is 11.3 Å². The second-order valence-electron chi connectivity index (χ2n) is 6.21. The Bertz CT molecular complexity index is 448. The molecule has 1 saturated heterocycles. The number of benzene rings is 1. The van der Waals surface area contributed by atoms with Gasteiger partial charge >= 0.3 is 0 Å². The minimum absolute atomic E-state index is 0.176. The Labute approximate surface area is 121 Å². The van der Waals surface area contributed by atoms with Crippen LogP contribution in [0.2, 0.25) is 0 Å². The molecule has 4 heteroatoms. The number of nitrogens with two attached hydrogens (primary N) is 1. The number of hydrogen-bond donors (Lipinski definition) is 1. The van der Waals surface area contributed by atoms with Gasteiger partial charge in [0.2, 0.25) is 5.91 Å². The number of carbonyl (C=O) groups excluding carboxylic acids is 1. The molecule has 20 heavy (non-hydrogen) atoms. The van der Waals surface area contributed by atoms with Crippen molar-refractivity contribution < 1.29 is 4.79 Å². The molecule has 1 amide bonds. The molecule has 1 aromatic rings. The number of carbonyl (C=O) groups is 1. The molecular weight excluding hydrogens is 250 g/mol. The van der Waals surface area contributed by atoms with E-state index < -0.39 is 0 Å². The Kier molecular flexibility index (Phi) is 4.78. The number of nitrogens with zero attached hydrogens (tertiary/aromatic N) is 2. The van der Waals surface area contributed by atoms with Gasteiger partial charge in [0.1, 0.15) is 0 Å². The summed E-state index contributed by atoms with van der Waals surface area (Å²) in [4.78, 5) is 16.3. The average Bonchev–Trinajstić information content (AvgIpc) is 2.82. The van der Waals surface area contributed by atoms with E-state index in [0.29, 0.717) is 19.6 Å². The van der Waals surface area contributed by atoms with Gasteiger partial charge in [0.15, 0.2) is 0 Å². The summed E-state index contributed by atoms with van der Waals surface area (Å²) in [6.07, 6.45) is 1.08. The maximum absolute atomic E-state index is 12.3. The zero-order valence-corrected chi connectivity index (χ0v) is 12.5. The highest BCUT2D eigenvalue weighted by atomic mass is 16.2. The van der Waals surface area contributed by atoms with E-state index in [1.165, 1.54) is 0 Å². The normalized spacial score (nSPS) is 22.9. The first kappa shape index (κ1) is 15.0. The lowest BCUT2D eigenvalue weighted by molar-refractivity contribution is -0.131. The van der Waals surface area contributed by atoms with Gasteiger partial charge in [-0.3, -0.25) is 9.69 Å². The molecule has 1 atom stereocenters. The van der Waals surface area contributed by atoms with E-state index in [4.69, 9.17) is 5.73 Å². The van der Waals surface area contributed by atoms with Crippen molar-refractivity contribution in [2.75, 3.05) is 33.2 Å². The zero-order chi connectivity index (χ0) is 14.6. The fourth-order valence-corrected chi connectivity index (χ4v) is 2.69. The summed E-state index contributed by atoms with van der Waals surface area (Å²) in [5.41, 5.74) is 7.14. The Morgan fingerprint density at radius 3 is 2.70 bits per heavy atom. The van der Waals surface area contributed by atoms with Crippen LogP contribution in [-0.4, -0.2) is 48.9 Å². The standard InChI is InChI=1S/C16H25N3O/c1-16(12-17)8-9-19(13-16)11-15(20)18(2)10-14-6-4-3-5-7-14/h3-7H,8-13,17H2,1-2H3. The molecule has 1 unspecified atom stereocenters. The van der Waals surface area contributed by atoms with Crippen LogP contribution in [0.1, 0.15) is 18.9 Å². The fraction of sp³-hybridized carbons (Fsp3) is 0.562. The molecule has 1 fully saturated rings. The van der Waals surface area contributed by atoms with Crippen molar-refractivity contribution >= 4 is 5.91 Å². The fourth-order valence-electron chi connectivity index (χ4n) is 2.69. The quantitative estimate of drug-likeness (QED) is 0.881. The van der Waals surface area contributed by atoms with Crippen LogP contribution >= 0.6 is 0 Å². The number of likely N-dealkylation sites (N-methyl/N-ethyl adjacent to an activating group) is 1.